The van der Waals surface area contributed by atoms with Crippen molar-refractivity contribution in [2.45, 2.75) is 0 Å². The van der Waals surface area contributed by atoms with E-state index in [-0.39, 0.29) is 0 Å². The van der Waals surface area contributed by atoms with Crippen molar-refractivity contribution in [2.75, 3.05) is 13.1 Å². The van der Waals surface area contributed by atoms with Gasteiger partial charge >= 0.3 is 11.9 Å². The molecule has 1 saturated heterocycles. The Hall–Kier alpha value is -1.19. The summed E-state index contributed by atoms with van der Waals surface area (Å²) in [5.74, 6) is -5.18. The molecule has 0 aromatic rings. The zero-order valence-electron chi connectivity index (χ0n) is 7.53. The fraction of sp³-hybridized carbons (Fsp3) is 0.667. The molecule has 0 unspecified atom stereocenters. The van der Waals surface area contributed by atoms with Crippen molar-refractivity contribution in [3.8, 4) is 0 Å². The highest BCUT2D eigenvalue weighted by molar-refractivity contribution is 7.86. The third-order valence-electron chi connectivity index (χ3n) is 2.28. The van der Waals surface area contributed by atoms with Gasteiger partial charge in [-0.2, -0.15) is 12.7 Å². The number of nitrogens with two attached hydrogens (primary N) is 1. The van der Waals surface area contributed by atoms with Gasteiger partial charge in [-0.25, -0.2) is 5.14 Å². The van der Waals surface area contributed by atoms with Crippen LogP contribution in [0.15, 0.2) is 0 Å². The van der Waals surface area contributed by atoms with Crippen LogP contribution in [0.4, 0.5) is 0 Å². The molecular weight excluding hydrogens is 228 g/mol. The largest absolute Gasteiger partial charge is 0.481 e. The summed E-state index contributed by atoms with van der Waals surface area (Å²) >= 11 is 0. The number of hydrogen-bond acceptors (Lipinski definition) is 4. The van der Waals surface area contributed by atoms with Crippen LogP contribution in [0.1, 0.15) is 0 Å². The maximum absolute atomic E-state index is 10.9. The third kappa shape index (κ3) is 2.43. The molecule has 0 saturated carbocycles. The van der Waals surface area contributed by atoms with Gasteiger partial charge in [0.25, 0.3) is 10.2 Å². The highest BCUT2D eigenvalue weighted by Crippen LogP contribution is 2.25. The van der Waals surface area contributed by atoms with Crippen molar-refractivity contribution >= 4 is 22.1 Å². The Bertz CT molecular complexity index is 368. The van der Waals surface area contributed by atoms with Crippen LogP contribution in [-0.4, -0.2) is 48.0 Å². The lowest BCUT2D eigenvalue weighted by Gasteiger charge is -2.10. The molecule has 86 valence electrons. The first-order valence-electron chi connectivity index (χ1n) is 3.97. The van der Waals surface area contributed by atoms with Crippen molar-refractivity contribution in [1.82, 2.24) is 4.31 Å². The van der Waals surface area contributed by atoms with E-state index in [0.29, 0.717) is 4.31 Å². The quantitative estimate of drug-likeness (QED) is 0.515. The van der Waals surface area contributed by atoms with Crippen LogP contribution < -0.4 is 5.14 Å². The van der Waals surface area contributed by atoms with E-state index in [1.54, 1.807) is 0 Å². The number of aliphatic carboxylic acids is 2. The normalized spacial score (nSPS) is 27.8. The number of carboxylic acids is 2. The molecule has 0 bridgehead atoms. The first-order chi connectivity index (χ1) is 6.73. The van der Waals surface area contributed by atoms with Gasteiger partial charge in [0.15, 0.2) is 0 Å². The molecule has 0 aromatic carbocycles. The van der Waals surface area contributed by atoms with Crippen LogP contribution in [0.2, 0.25) is 0 Å². The standard InChI is InChI=1S/C6H10N2O6S/c7-15(13,14)8-1-3(5(9)10)4(2-8)6(11)12/h3-4H,1-2H2,(H,9,10)(H,11,12)(H2,7,13,14)/t3-,4-/m0/s1. The summed E-state index contributed by atoms with van der Waals surface area (Å²) in [6, 6.07) is 0. The number of nitrogens with zero attached hydrogens (tertiary/aromatic N) is 1. The monoisotopic (exact) mass is 238 g/mol. The molecule has 0 radical (unpaired) electrons. The molecule has 1 rings (SSSR count). The topological polar surface area (TPSA) is 138 Å². The smallest absolute Gasteiger partial charge is 0.308 e. The Morgan fingerprint density at radius 3 is 1.67 bits per heavy atom. The van der Waals surface area contributed by atoms with E-state index in [2.05, 4.69) is 0 Å². The van der Waals surface area contributed by atoms with Crippen molar-refractivity contribution in [3.05, 3.63) is 0 Å². The number of carbonyl (C=O) groups is 2. The SMILES string of the molecule is NS(=O)(=O)N1C[C@H](C(=O)O)[C@@H](C(=O)O)C1. The first kappa shape index (κ1) is 11.9. The van der Waals surface area contributed by atoms with Gasteiger partial charge in [-0.1, -0.05) is 0 Å². The maximum atomic E-state index is 10.9. The lowest BCUT2D eigenvalue weighted by atomic mass is 9.97. The molecule has 15 heavy (non-hydrogen) atoms. The second-order valence-electron chi connectivity index (χ2n) is 3.25. The van der Waals surface area contributed by atoms with Gasteiger partial charge in [-0.05, 0) is 0 Å². The summed E-state index contributed by atoms with van der Waals surface area (Å²) in [4.78, 5) is 21.3. The van der Waals surface area contributed by atoms with Crippen molar-refractivity contribution in [3.63, 3.8) is 0 Å². The molecule has 9 heteroatoms. The average Bonchev–Trinajstić information content (AvgIpc) is 2.45. The minimum Gasteiger partial charge on any atom is -0.481 e. The van der Waals surface area contributed by atoms with Crippen molar-refractivity contribution in [2.24, 2.45) is 17.0 Å². The van der Waals surface area contributed by atoms with Crippen molar-refractivity contribution < 1.29 is 28.2 Å². The highest BCUT2D eigenvalue weighted by atomic mass is 32.2. The Balaban J connectivity index is 2.93. The van der Waals surface area contributed by atoms with E-state index < -0.39 is 47.1 Å². The number of rotatable bonds is 3. The molecule has 1 aliphatic rings. The summed E-state index contributed by atoms with van der Waals surface area (Å²) in [6.07, 6.45) is 0. The predicted molar refractivity (Wildman–Crippen MR) is 46.9 cm³/mol. The summed E-state index contributed by atoms with van der Waals surface area (Å²) in [6.45, 7) is -0.795. The van der Waals surface area contributed by atoms with E-state index in [1.807, 2.05) is 0 Å². The maximum Gasteiger partial charge on any atom is 0.308 e. The second-order valence-corrected chi connectivity index (χ2v) is 4.80. The Morgan fingerprint density at radius 2 is 1.47 bits per heavy atom. The molecule has 0 aromatic heterocycles. The molecule has 1 fully saturated rings. The molecule has 1 aliphatic heterocycles. The average molecular weight is 238 g/mol. The molecule has 1 heterocycles. The predicted octanol–water partition coefficient (Wildman–Crippen LogP) is -2.09. The summed E-state index contributed by atoms with van der Waals surface area (Å²) in [5, 5.41) is 22.2. The molecule has 0 aliphatic carbocycles. The lowest BCUT2D eigenvalue weighted by molar-refractivity contribution is -0.151. The van der Waals surface area contributed by atoms with Gasteiger partial charge in [0.2, 0.25) is 0 Å². The van der Waals surface area contributed by atoms with Crippen LogP contribution in [0.3, 0.4) is 0 Å². The molecular formula is C6H10N2O6S. The molecule has 8 nitrogen and oxygen atoms in total. The number of hydrogen-bond donors (Lipinski definition) is 3. The summed E-state index contributed by atoms with van der Waals surface area (Å²) in [5.41, 5.74) is 0. The third-order valence-corrected chi connectivity index (χ3v) is 3.30. The van der Waals surface area contributed by atoms with Crippen LogP contribution in [0.5, 0.6) is 0 Å². The molecule has 0 spiro atoms. The van der Waals surface area contributed by atoms with Crippen LogP contribution >= 0.6 is 0 Å². The lowest BCUT2D eigenvalue weighted by Crippen LogP contribution is -2.35. The van der Waals surface area contributed by atoms with Gasteiger partial charge in [0.1, 0.15) is 0 Å². The van der Waals surface area contributed by atoms with E-state index in [4.69, 9.17) is 15.4 Å². The number of carboxylic acid groups (broad SMARTS) is 2. The van der Waals surface area contributed by atoms with Crippen LogP contribution in [0.25, 0.3) is 0 Å². The van der Waals surface area contributed by atoms with Gasteiger partial charge in [0.05, 0.1) is 11.8 Å². The second kappa shape index (κ2) is 3.76. The molecule has 4 N–H and O–H groups in total. The summed E-state index contributed by atoms with van der Waals surface area (Å²) < 4.78 is 22.4. The van der Waals surface area contributed by atoms with Crippen molar-refractivity contribution in [1.29, 1.82) is 0 Å². The fourth-order valence-electron chi connectivity index (χ4n) is 1.48. The van der Waals surface area contributed by atoms with E-state index in [9.17, 15) is 18.0 Å². The van der Waals surface area contributed by atoms with E-state index >= 15 is 0 Å². The fourth-order valence-corrected chi connectivity index (χ4v) is 2.21. The highest BCUT2D eigenvalue weighted by Gasteiger charge is 2.45. The van der Waals surface area contributed by atoms with Crippen LogP contribution in [-0.2, 0) is 19.8 Å². The Labute approximate surface area is 85.5 Å². The molecule has 2 atom stereocenters. The first-order valence-corrected chi connectivity index (χ1v) is 5.47. The summed E-state index contributed by atoms with van der Waals surface area (Å²) in [7, 11) is -4.03. The van der Waals surface area contributed by atoms with Gasteiger partial charge in [0, 0.05) is 13.1 Å². The zero-order chi connectivity index (χ0) is 11.8. The minimum atomic E-state index is -4.03. The Kier molecular flexibility index (Phi) is 2.98. The van der Waals surface area contributed by atoms with E-state index in [0.717, 1.165) is 0 Å². The van der Waals surface area contributed by atoms with E-state index in [1.165, 1.54) is 0 Å². The zero-order valence-corrected chi connectivity index (χ0v) is 8.35. The van der Waals surface area contributed by atoms with Gasteiger partial charge in [-0.15, -0.1) is 0 Å². The van der Waals surface area contributed by atoms with Gasteiger partial charge in [-0.3, -0.25) is 9.59 Å². The van der Waals surface area contributed by atoms with Gasteiger partial charge < -0.3 is 10.2 Å². The Morgan fingerprint density at radius 1 is 1.13 bits per heavy atom. The molecule has 0 amide bonds. The minimum absolute atomic E-state index is 0.398. The van der Waals surface area contributed by atoms with Crippen LogP contribution in [0, 0.1) is 11.8 Å².